The highest BCUT2D eigenvalue weighted by Crippen LogP contribution is 2.29. The molecular formula is C25H25N3O7S. The number of benzene rings is 3. The van der Waals surface area contributed by atoms with Crippen LogP contribution in [0, 0.1) is 5.41 Å². The second kappa shape index (κ2) is 11.0. The summed E-state index contributed by atoms with van der Waals surface area (Å²) in [4.78, 5) is 26.3. The molecule has 0 aromatic heterocycles. The number of fused-ring (bicyclic) bond motifs is 1. The van der Waals surface area contributed by atoms with Crippen LogP contribution in [0.5, 0.6) is 11.5 Å². The molecule has 0 bridgehead atoms. The first-order valence-electron chi connectivity index (χ1n) is 10.6. The maximum absolute atomic E-state index is 12.5. The lowest BCUT2D eigenvalue weighted by Gasteiger charge is -2.15. The maximum atomic E-state index is 12.5. The number of ether oxygens (including phenoxy) is 2. The van der Waals surface area contributed by atoms with E-state index in [9.17, 15) is 18.0 Å². The molecule has 0 unspecified atom stereocenters. The fraction of sp³-hybridized carbons (Fsp3) is 0.160. The van der Waals surface area contributed by atoms with Crippen molar-refractivity contribution in [2.45, 2.75) is 13.2 Å². The smallest absolute Gasteiger partial charge is 0.261 e. The highest BCUT2D eigenvalue weighted by molar-refractivity contribution is 7.85. The third-order valence-corrected chi connectivity index (χ3v) is 5.11. The third-order valence-electron chi connectivity index (χ3n) is 5.11. The lowest BCUT2D eigenvalue weighted by atomic mass is 10.1. The number of nitrogens with two attached hydrogens (primary N) is 1. The fourth-order valence-corrected chi connectivity index (χ4v) is 3.42. The Morgan fingerprint density at radius 2 is 1.47 bits per heavy atom. The van der Waals surface area contributed by atoms with Crippen LogP contribution in [0.2, 0.25) is 0 Å². The SMILES string of the molecule is COc1cc(C(=N)N)ccc1OCc1ccc(CN2C(=O)c3ccccc3C2=O)cc1.CS(=O)(=O)O. The zero-order valence-corrected chi connectivity index (χ0v) is 20.4. The van der Waals surface area contributed by atoms with Gasteiger partial charge in [-0.15, -0.1) is 0 Å². The van der Waals surface area contributed by atoms with Gasteiger partial charge in [0.1, 0.15) is 12.4 Å². The van der Waals surface area contributed by atoms with Crippen LogP contribution in [0.25, 0.3) is 0 Å². The van der Waals surface area contributed by atoms with Crippen molar-refractivity contribution in [3.63, 3.8) is 0 Å². The molecule has 0 radical (unpaired) electrons. The first-order valence-corrected chi connectivity index (χ1v) is 12.4. The summed E-state index contributed by atoms with van der Waals surface area (Å²) in [6.45, 7) is 0.525. The molecule has 36 heavy (non-hydrogen) atoms. The van der Waals surface area contributed by atoms with Crippen molar-refractivity contribution in [2.24, 2.45) is 5.73 Å². The van der Waals surface area contributed by atoms with Crippen molar-refractivity contribution >= 4 is 27.8 Å². The highest BCUT2D eigenvalue weighted by atomic mass is 32.2. The molecule has 0 fully saturated rings. The summed E-state index contributed by atoms with van der Waals surface area (Å²) in [6, 6.07) is 19.5. The molecular weight excluding hydrogens is 486 g/mol. The number of hydrogen-bond donors (Lipinski definition) is 3. The standard InChI is InChI=1S/C24H21N3O4.CH4O3S/c1-30-21-12-17(22(25)26)10-11-20(21)31-14-16-8-6-15(7-9-16)13-27-23(28)18-4-2-3-5-19(18)24(27)29;1-5(2,3)4/h2-12H,13-14H2,1H3,(H3,25,26);1H3,(H,2,3,4). The number of carbonyl (C=O) groups excluding carboxylic acids is 2. The average molecular weight is 512 g/mol. The van der Waals surface area contributed by atoms with E-state index in [1.54, 1.807) is 42.5 Å². The number of nitrogens with zero attached hydrogens (tertiary/aromatic N) is 1. The molecule has 11 heteroatoms. The second-order valence-electron chi connectivity index (χ2n) is 7.86. The van der Waals surface area contributed by atoms with Crippen molar-refractivity contribution in [3.05, 3.63) is 94.5 Å². The fourth-order valence-electron chi connectivity index (χ4n) is 3.42. The number of methoxy groups -OCH3 is 1. The quantitative estimate of drug-likeness (QED) is 0.189. The Balaban J connectivity index is 0.000000658. The van der Waals surface area contributed by atoms with E-state index < -0.39 is 10.1 Å². The third kappa shape index (κ3) is 6.68. The second-order valence-corrected chi connectivity index (χ2v) is 9.33. The van der Waals surface area contributed by atoms with E-state index in [0.29, 0.717) is 41.1 Å². The molecule has 4 N–H and O–H groups in total. The number of nitrogens with one attached hydrogen (secondary N) is 1. The minimum Gasteiger partial charge on any atom is -0.493 e. The van der Waals surface area contributed by atoms with Gasteiger partial charge in [0.05, 0.1) is 31.0 Å². The van der Waals surface area contributed by atoms with Gasteiger partial charge in [-0.3, -0.25) is 24.5 Å². The number of nitrogen functional groups attached to an aromatic ring is 1. The van der Waals surface area contributed by atoms with E-state index in [-0.39, 0.29) is 24.2 Å². The van der Waals surface area contributed by atoms with Gasteiger partial charge in [0, 0.05) is 5.56 Å². The Hall–Kier alpha value is -4.22. The molecule has 0 aliphatic carbocycles. The molecule has 3 aromatic carbocycles. The number of imide groups is 1. The Morgan fingerprint density at radius 3 is 1.97 bits per heavy atom. The minimum absolute atomic E-state index is 0.0431. The van der Waals surface area contributed by atoms with E-state index in [0.717, 1.165) is 11.1 Å². The van der Waals surface area contributed by atoms with Gasteiger partial charge >= 0.3 is 0 Å². The lowest BCUT2D eigenvalue weighted by molar-refractivity contribution is 0.0642. The van der Waals surface area contributed by atoms with E-state index >= 15 is 0 Å². The number of amidine groups is 1. The van der Waals surface area contributed by atoms with Crippen molar-refractivity contribution < 1.29 is 32.0 Å². The van der Waals surface area contributed by atoms with Gasteiger partial charge in [0.25, 0.3) is 21.9 Å². The Morgan fingerprint density at radius 1 is 0.944 bits per heavy atom. The van der Waals surface area contributed by atoms with Crippen LogP contribution in [-0.2, 0) is 23.3 Å². The zero-order chi connectivity index (χ0) is 26.5. The molecule has 4 rings (SSSR count). The first kappa shape index (κ1) is 26.4. The van der Waals surface area contributed by atoms with Crippen LogP contribution in [0.1, 0.15) is 37.4 Å². The molecule has 0 saturated carbocycles. The summed E-state index contributed by atoms with van der Waals surface area (Å²) in [6.07, 6.45) is 0.715. The van der Waals surface area contributed by atoms with Crippen molar-refractivity contribution in [2.75, 3.05) is 13.4 Å². The minimum atomic E-state index is -3.67. The van der Waals surface area contributed by atoms with Crippen LogP contribution < -0.4 is 15.2 Å². The molecule has 1 heterocycles. The van der Waals surface area contributed by atoms with Crippen LogP contribution >= 0.6 is 0 Å². The predicted molar refractivity (Wildman–Crippen MR) is 133 cm³/mol. The molecule has 1 aliphatic heterocycles. The summed E-state index contributed by atoms with van der Waals surface area (Å²) in [5, 5.41) is 7.51. The van der Waals surface area contributed by atoms with Crippen molar-refractivity contribution in [1.29, 1.82) is 5.41 Å². The zero-order valence-electron chi connectivity index (χ0n) is 19.6. The lowest BCUT2D eigenvalue weighted by Crippen LogP contribution is -2.29. The number of carbonyl (C=O) groups is 2. The van der Waals surface area contributed by atoms with Gasteiger partial charge in [-0.05, 0) is 41.5 Å². The molecule has 188 valence electrons. The summed E-state index contributed by atoms with van der Waals surface area (Å²) < 4.78 is 37.0. The number of rotatable bonds is 7. The van der Waals surface area contributed by atoms with Crippen LogP contribution in [0.4, 0.5) is 0 Å². The predicted octanol–water partition coefficient (Wildman–Crippen LogP) is 2.86. The maximum Gasteiger partial charge on any atom is 0.261 e. The topological polar surface area (TPSA) is 160 Å². The number of amides is 2. The molecule has 3 aromatic rings. The number of hydrogen-bond acceptors (Lipinski definition) is 7. The molecule has 1 aliphatic rings. The van der Waals surface area contributed by atoms with Crippen LogP contribution in [-0.4, -0.2) is 48.9 Å². The van der Waals surface area contributed by atoms with Crippen molar-refractivity contribution in [3.8, 4) is 11.5 Å². The largest absolute Gasteiger partial charge is 0.493 e. The Labute approximate surface area is 208 Å². The Kier molecular flexibility index (Phi) is 8.07. The van der Waals surface area contributed by atoms with Gasteiger partial charge in [-0.25, -0.2) is 0 Å². The van der Waals surface area contributed by atoms with E-state index in [4.69, 9.17) is 25.2 Å². The van der Waals surface area contributed by atoms with Crippen molar-refractivity contribution in [1.82, 2.24) is 4.90 Å². The average Bonchev–Trinajstić information content (AvgIpc) is 3.07. The first-order chi connectivity index (χ1) is 17.0. The van der Waals surface area contributed by atoms with Gasteiger partial charge < -0.3 is 15.2 Å². The summed E-state index contributed by atoms with van der Waals surface area (Å²) in [5.41, 5.74) is 8.73. The molecule has 0 spiro atoms. The van der Waals surface area contributed by atoms with Gasteiger partial charge in [0.2, 0.25) is 0 Å². The molecule has 10 nitrogen and oxygen atoms in total. The molecule has 0 saturated heterocycles. The van der Waals surface area contributed by atoms with Crippen LogP contribution in [0.15, 0.2) is 66.7 Å². The molecule has 0 atom stereocenters. The highest BCUT2D eigenvalue weighted by Gasteiger charge is 2.34. The summed E-state index contributed by atoms with van der Waals surface area (Å²) in [5.74, 6) is 0.458. The van der Waals surface area contributed by atoms with Gasteiger partial charge in [0.15, 0.2) is 11.5 Å². The summed E-state index contributed by atoms with van der Waals surface area (Å²) in [7, 11) is -2.14. The van der Waals surface area contributed by atoms with E-state index in [1.807, 2.05) is 24.3 Å². The van der Waals surface area contributed by atoms with Crippen LogP contribution in [0.3, 0.4) is 0 Å². The van der Waals surface area contributed by atoms with Gasteiger partial charge in [-0.2, -0.15) is 8.42 Å². The van der Waals surface area contributed by atoms with E-state index in [2.05, 4.69) is 0 Å². The summed E-state index contributed by atoms with van der Waals surface area (Å²) >= 11 is 0. The van der Waals surface area contributed by atoms with E-state index in [1.165, 1.54) is 12.0 Å². The molecule has 2 amide bonds. The monoisotopic (exact) mass is 511 g/mol. The van der Waals surface area contributed by atoms with Gasteiger partial charge in [-0.1, -0.05) is 36.4 Å². The Bertz CT molecular complexity index is 1360. The normalized spacial score (nSPS) is 12.5.